The van der Waals surface area contributed by atoms with Crippen LogP contribution in [-0.2, 0) is 0 Å². The molecule has 1 nitrogen and oxygen atoms in total. The summed E-state index contributed by atoms with van der Waals surface area (Å²) in [7, 11) is 0. The van der Waals surface area contributed by atoms with E-state index in [1.54, 1.807) is 6.08 Å². The van der Waals surface area contributed by atoms with E-state index in [-0.39, 0.29) is 6.61 Å². The molecule has 0 aromatic rings. The third-order valence-corrected chi connectivity index (χ3v) is 1.20. The number of allylic oxidation sites excluding steroid dienone is 5. The van der Waals surface area contributed by atoms with Crippen LogP contribution in [0.4, 0.5) is 0 Å². The normalized spacial score (nSPS) is 12.2. The van der Waals surface area contributed by atoms with Gasteiger partial charge in [0.2, 0.25) is 0 Å². The molecule has 62 valence electrons. The molecule has 0 spiro atoms. The Kier molecular flexibility index (Phi) is 5.49. The topological polar surface area (TPSA) is 20.2 Å². The molecule has 11 heavy (non-hydrogen) atoms. The summed E-state index contributed by atoms with van der Waals surface area (Å²) >= 11 is 0. The lowest BCUT2D eigenvalue weighted by Gasteiger charge is -1.87. The van der Waals surface area contributed by atoms with Gasteiger partial charge in [-0.05, 0) is 20.8 Å². The molecule has 0 aliphatic carbocycles. The highest BCUT2D eigenvalue weighted by Gasteiger charge is 1.77. The second kappa shape index (κ2) is 5.93. The van der Waals surface area contributed by atoms with Crippen molar-refractivity contribution < 1.29 is 5.11 Å². The van der Waals surface area contributed by atoms with Gasteiger partial charge in [-0.25, -0.2) is 0 Å². The van der Waals surface area contributed by atoms with Crippen LogP contribution in [0.15, 0.2) is 35.5 Å². The van der Waals surface area contributed by atoms with Gasteiger partial charge in [0.1, 0.15) is 0 Å². The van der Waals surface area contributed by atoms with E-state index in [2.05, 4.69) is 13.8 Å². The van der Waals surface area contributed by atoms with Gasteiger partial charge in [0, 0.05) is 0 Å². The fourth-order valence-corrected chi connectivity index (χ4v) is 0.604. The third-order valence-electron chi connectivity index (χ3n) is 1.20. The molecule has 1 heteroatoms. The molecular formula is C10H16O. The maximum atomic E-state index is 8.52. The molecule has 0 radical (unpaired) electrons. The van der Waals surface area contributed by atoms with Crippen LogP contribution in [0.5, 0.6) is 0 Å². The summed E-state index contributed by atoms with van der Waals surface area (Å²) in [5.74, 6) is 0. The zero-order chi connectivity index (χ0) is 8.69. The Hall–Kier alpha value is -0.820. The first-order valence-corrected chi connectivity index (χ1v) is 3.76. The third kappa shape index (κ3) is 7.07. The summed E-state index contributed by atoms with van der Waals surface area (Å²) in [6.45, 7) is 6.18. The predicted molar refractivity (Wildman–Crippen MR) is 49.4 cm³/mol. The minimum atomic E-state index is 0.116. The van der Waals surface area contributed by atoms with Crippen molar-refractivity contribution in [1.82, 2.24) is 0 Å². The fraction of sp³-hybridized carbons (Fsp3) is 0.400. The Labute approximate surface area is 68.7 Å². The van der Waals surface area contributed by atoms with Crippen LogP contribution in [0, 0.1) is 0 Å². The van der Waals surface area contributed by atoms with Crippen LogP contribution in [0.2, 0.25) is 0 Å². The van der Waals surface area contributed by atoms with Gasteiger partial charge in [0.25, 0.3) is 0 Å². The van der Waals surface area contributed by atoms with E-state index in [0.29, 0.717) is 0 Å². The Morgan fingerprint density at radius 3 is 2.36 bits per heavy atom. The second-order valence-electron chi connectivity index (χ2n) is 2.73. The zero-order valence-corrected chi connectivity index (χ0v) is 7.46. The average Bonchev–Trinajstić information content (AvgIpc) is 1.87. The van der Waals surface area contributed by atoms with Crippen molar-refractivity contribution >= 4 is 0 Å². The molecule has 0 rings (SSSR count). The first kappa shape index (κ1) is 10.2. The number of aliphatic hydroxyl groups excluding tert-OH is 1. The van der Waals surface area contributed by atoms with E-state index in [9.17, 15) is 0 Å². The number of hydrogen-bond donors (Lipinski definition) is 1. The van der Waals surface area contributed by atoms with Crippen molar-refractivity contribution in [3.8, 4) is 0 Å². The van der Waals surface area contributed by atoms with Gasteiger partial charge in [-0.3, -0.25) is 0 Å². The molecule has 0 unspecified atom stereocenters. The van der Waals surface area contributed by atoms with Crippen molar-refractivity contribution in [1.29, 1.82) is 0 Å². The van der Waals surface area contributed by atoms with Crippen LogP contribution >= 0.6 is 0 Å². The monoisotopic (exact) mass is 152 g/mol. The predicted octanol–water partition coefficient (Wildman–Crippen LogP) is 2.45. The lowest BCUT2D eigenvalue weighted by Crippen LogP contribution is -1.74. The van der Waals surface area contributed by atoms with E-state index in [4.69, 9.17) is 5.11 Å². The molecule has 0 bridgehead atoms. The molecule has 0 saturated carbocycles. The highest BCUT2D eigenvalue weighted by Crippen LogP contribution is 1.96. The van der Waals surface area contributed by atoms with Gasteiger partial charge in [-0.1, -0.05) is 35.5 Å². The molecule has 0 aliphatic rings. The van der Waals surface area contributed by atoms with Gasteiger partial charge in [0.05, 0.1) is 6.61 Å². The highest BCUT2D eigenvalue weighted by molar-refractivity contribution is 5.21. The Bertz CT molecular complexity index is 181. The van der Waals surface area contributed by atoms with Gasteiger partial charge in [-0.15, -0.1) is 0 Å². The van der Waals surface area contributed by atoms with E-state index in [1.807, 2.05) is 25.2 Å². The quantitative estimate of drug-likeness (QED) is 0.616. The number of rotatable bonds is 3. The second-order valence-corrected chi connectivity index (χ2v) is 2.73. The first-order valence-electron chi connectivity index (χ1n) is 3.76. The van der Waals surface area contributed by atoms with Crippen molar-refractivity contribution in [2.24, 2.45) is 0 Å². The Morgan fingerprint density at radius 2 is 1.91 bits per heavy atom. The molecule has 1 N–H and O–H groups in total. The summed E-state index contributed by atoms with van der Waals surface area (Å²) in [6, 6.07) is 0. The van der Waals surface area contributed by atoms with E-state index >= 15 is 0 Å². The fourth-order valence-electron chi connectivity index (χ4n) is 0.604. The number of hydrogen-bond acceptors (Lipinski definition) is 1. The summed E-state index contributed by atoms with van der Waals surface area (Å²) in [5, 5.41) is 8.52. The van der Waals surface area contributed by atoms with Crippen LogP contribution < -0.4 is 0 Å². The molecule has 0 heterocycles. The summed E-state index contributed by atoms with van der Waals surface area (Å²) < 4.78 is 0. The van der Waals surface area contributed by atoms with Crippen LogP contribution in [0.25, 0.3) is 0 Å². The molecule has 0 aliphatic heterocycles. The van der Waals surface area contributed by atoms with Crippen LogP contribution in [0.1, 0.15) is 20.8 Å². The molecular weight excluding hydrogens is 136 g/mol. The lowest BCUT2D eigenvalue weighted by atomic mass is 10.2. The van der Waals surface area contributed by atoms with Gasteiger partial charge < -0.3 is 5.11 Å². The summed E-state index contributed by atoms with van der Waals surface area (Å²) in [4.78, 5) is 0. The Morgan fingerprint density at radius 1 is 1.27 bits per heavy atom. The number of aliphatic hydroxyl groups is 1. The minimum Gasteiger partial charge on any atom is -0.392 e. The van der Waals surface area contributed by atoms with E-state index in [1.165, 1.54) is 5.57 Å². The van der Waals surface area contributed by atoms with E-state index < -0.39 is 0 Å². The van der Waals surface area contributed by atoms with Crippen LogP contribution in [0.3, 0.4) is 0 Å². The lowest BCUT2D eigenvalue weighted by molar-refractivity contribution is 0.342. The smallest absolute Gasteiger partial charge is 0.0617 e. The van der Waals surface area contributed by atoms with Gasteiger partial charge in [0.15, 0.2) is 0 Å². The minimum absolute atomic E-state index is 0.116. The molecule has 0 amide bonds. The molecule has 0 aromatic carbocycles. The molecule has 0 saturated heterocycles. The van der Waals surface area contributed by atoms with Crippen molar-refractivity contribution in [3.63, 3.8) is 0 Å². The highest BCUT2D eigenvalue weighted by atomic mass is 16.2. The molecule has 0 fully saturated rings. The standard InChI is InChI=1S/C10H16O/c1-9(2)5-4-6-10(3)7-8-11/h4-7,11H,8H2,1-3H3. The zero-order valence-electron chi connectivity index (χ0n) is 7.46. The Balaban J connectivity index is 3.93. The SMILES string of the molecule is CC(C)=CC=CC(C)=CCO. The van der Waals surface area contributed by atoms with Crippen molar-refractivity contribution in [2.45, 2.75) is 20.8 Å². The largest absolute Gasteiger partial charge is 0.392 e. The van der Waals surface area contributed by atoms with Crippen LogP contribution in [-0.4, -0.2) is 11.7 Å². The maximum absolute atomic E-state index is 8.52. The van der Waals surface area contributed by atoms with Crippen molar-refractivity contribution in [2.75, 3.05) is 6.61 Å². The van der Waals surface area contributed by atoms with E-state index in [0.717, 1.165) is 5.57 Å². The van der Waals surface area contributed by atoms with Crippen molar-refractivity contribution in [3.05, 3.63) is 35.5 Å². The molecule has 0 atom stereocenters. The first-order chi connectivity index (χ1) is 5.16. The molecule has 0 aromatic heterocycles. The average molecular weight is 152 g/mol. The summed E-state index contributed by atoms with van der Waals surface area (Å²) in [6.07, 6.45) is 7.77. The van der Waals surface area contributed by atoms with Gasteiger partial charge in [-0.2, -0.15) is 0 Å². The maximum Gasteiger partial charge on any atom is 0.0617 e. The van der Waals surface area contributed by atoms with Gasteiger partial charge >= 0.3 is 0 Å². The summed E-state index contributed by atoms with van der Waals surface area (Å²) in [5.41, 5.74) is 2.36.